The molecule has 2 nitrogen and oxygen atoms in total. The number of hydrogen-bond donors (Lipinski definition) is 2. The largest absolute Gasteiger partial charge is 0.400 e. The molecule has 0 saturated carbocycles. The van der Waals surface area contributed by atoms with Crippen LogP contribution in [0.1, 0.15) is 20.8 Å². The molecule has 3 N–H and O–H groups in total. The zero-order valence-corrected chi connectivity index (χ0v) is 7.33. The smallest absolute Gasteiger partial charge is 0.160 e. The number of nitrogens with one attached hydrogen (secondary N) is 1. The van der Waals surface area contributed by atoms with Gasteiger partial charge in [-0.3, -0.25) is 0 Å². The van der Waals surface area contributed by atoms with Crippen LogP contribution >= 0.6 is 0 Å². The van der Waals surface area contributed by atoms with E-state index >= 15 is 0 Å². The van der Waals surface area contributed by atoms with E-state index in [1.807, 2.05) is 13.0 Å². The normalized spacial score (nSPS) is 26.4. The average molecular weight is 153 g/mol. The molecule has 1 rings (SSSR count). The van der Waals surface area contributed by atoms with Gasteiger partial charge in [0.2, 0.25) is 0 Å². The number of rotatable bonds is 1. The Morgan fingerprint density at radius 3 is 2.82 bits per heavy atom. The molecular formula is C9H16N2. The van der Waals surface area contributed by atoms with Crippen LogP contribution in [-0.2, 0) is 0 Å². The maximum Gasteiger partial charge on any atom is 0.160 e. The number of dihydropyridines is 1. The summed E-state index contributed by atoms with van der Waals surface area (Å²) < 4.78 is 7.61. The minimum Gasteiger partial charge on any atom is -0.400 e. The Bertz CT molecular complexity index is 231. The average Bonchev–Trinajstić information content (AvgIpc) is 1.97. The van der Waals surface area contributed by atoms with Gasteiger partial charge in [0, 0.05) is 5.70 Å². The summed E-state index contributed by atoms with van der Waals surface area (Å²) in [5.41, 5.74) is 7.78. The highest BCUT2D eigenvalue weighted by molar-refractivity contribution is 5.29. The van der Waals surface area contributed by atoms with Crippen molar-refractivity contribution in [2.24, 2.45) is 11.7 Å². The first-order valence-electron chi connectivity index (χ1n) is 4.40. The van der Waals surface area contributed by atoms with E-state index in [4.69, 9.17) is 7.15 Å². The summed E-state index contributed by atoms with van der Waals surface area (Å²) in [5.74, 6) is 0.377. The molecule has 11 heavy (non-hydrogen) atoms. The van der Waals surface area contributed by atoms with Gasteiger partial charge < -0.3 is 11.0 Å². The molecular weight excluding hydrogens is 136 g/mol. The Balaban J connectivity index is 2.92. The van der Waals surface area contributed by atoms with Gasteiger partial charge in [-0.1, -0.05) is 13.8 Å². The van der Waals surface area contributed by atoms with E-state index in [1.54, 1.807) is 6.20 Å². The van der Waals surface area contributed by atoms with Gasteiger partial charge in [0.1, 0.15) is 0 Å². The maximum atomic E-state index is 7.61. The van der Waals surface area contributed by atoms with Gasteiger partial charge in [-0.25, -0.2) is 0 Å². The van der Waals surface area contributed by atoms with Gasteiger partial charge in [-0.05, 0) is 30.7 Å². The van der Waals surface area contributed by atoms with Crippen molar-refractivity contribution >= 4 is 0 Å². The first kappa shape index (κ1) is 6.77. The predicted molar refractivity (Wildman–Crippen MR) is 47.8 cm³/mol. The molecule has 2 heteroatoms. The lowest BCUT2D eigenvalue weighted by Gasteiger charge is -2.26. The van der Waals surface area contributed by atoms with Crippen molar-refractivity contribution in [3.8, 4) is 0 Å². The molecule has 1 aliphatic heterocycles. The number of nitrogens with two attached hydrogens (primary N) is 1. The molecule has 0 aromatic heterocycles. The minimum absolute atomic E-state index is 0.0370. The number of allylic oxidation sites excluding steroid dienone is 2. The van der Waals surface area contributed by atoms with E-state index in [1.165, 1.54) is 5.31 Å². The van der Waals surface area contributed by atoms with Crippen LogP contribution < -0.4 is 11.0 Å². The molecule has 62 valence electrons. The highest BCUT2D eigenvalue weighted by atomic mass is 14.9. The first-order valence-corrected chi connectivity index (χ1v) is 3.95. The van der Waals surface area contributed by atoms with Crippen LogP contribution in [-0.4, -0.2) is 6.04 Å². The summed E-state index contributed by atoms with van der Waals surface area (Å²) in [5, 5.41) is 1.42. The van der Waals surface area contributed by atoms with E-state index in [0.717, 1.165) is 11.3 Å². The molecule has 0 aromatic carbocycles. The third-order valence-corrected chi connectivity index (χ3v) is 1.98. The summed E-state index contributed by atoms with van der Waals surface area (Å²) in [6.45, 7) is 6.13. The van der Waals surface area contributed by atoms with Crippen molar-refractivity contribution in [1.82, 2.24) is 5.31 Å². The SMILES string of the molecule is [2H]N1C=CC(C)=C(N)C1C(C)C. The molecule has 0 spiro atoms. The third-order valence-electron chi connectivity index (χ3n) is 1.98. The second-order valence-corrected chi connectivity index (χ2v) is 3.29. The molecule has 0 fully saturated rings. The van der Waals surface area contributed by atoms with Gasteiger partial charge in [0.25, 0.3) is 0 Å². The summed E-state index contributed by atoms with van der Waals surface area (Å²) >= 11 is 0. The summed E-state index contributed by atoms with van der Waals surface area (Å²) in [6.07, 6.45) is 3.64. The maximum absolute atomic E-state index is 7.61. The molecule has 0 radical (unpaired) electrons. The van der Waals surface area contributed by atoms with Crippen molar-refractivity contribution in [3.05, 3.63) is 23.5 Å². The monoisotopic (exact) mass is 153 g/mol. The van der Waals surface area contributed by atoms with Gasteiger partial charge in [0.15, 0.2) is 1.41 Å². The fourth-order valence-corrected chi connectivity index (χ4v) is 1.19. The molecule has 1 heterocycles. The van der Waals surface area contributed by atoms with Crippen molar-refractivity contribution in [2.45, 2.75) is 26.8 Å². The quantitative estimate of drug-likeness (QED) is 0.597. The lowest BCUT2D eigenvalue weighted by molar-refractivity contribution is 0.483. The molecule has 0 bridgehead atoms. The Morgan fingerprint density at radius 2 is 2.36 bits per heavy atom. The van der Waals surface area contributed by atoms with Gasteiger partial charge in [-0.2, -0.15) is 0 Å². The lowest BCUT2D eigenvalue weighted by atomic mass is 9.96. The van der Waals surface area contributed by atoms with Crippen molar-refractivity contribution in [2.75, 3.05) is 0 Å². The van der Waals surface area contributed by atoms with Crippen LogP contribution in [0.2, 0.25) is 1.41 Å². The van der Waals surface area contributed by atoms with E-state index in [0.29, 0.717) is 5.92 Å². The Labute approximate surface area is 69.6 Å². The fraction of sp³-hybridized carbons (Fsp3) is 0.556. The summed E-state index contributed by atoms with van der Waals surface area (Å²) in [7, 11) is 0. The molecule has 0 saturated heterocycles. The zero-order chi connectivity index (χ0) is 9.30. The standard InChI is InChI=1S/C9H16N2/c1-6(2)9-8(10)7(3)4-5-11-9/h4-6,9,11H,10H2,1-3H3/i/hD. The van der Waals surface area contributed by atoms with Gasteiger partial charge >= 0.3 is 0 Å². The molecule has 0 aliphatic carbocycles. The highest BCUT2D eigenvalue weighted by Crippen LogP contribution is 2.15. The van der Waals surface area contributed by atoms with Crippen LogP contribution in [0.15, 0.2) is 23.5 Å². The Hall–Kier alpha value is -0.920. The second kappa shape index (κ2) is 2.99. The minimum atomic E-state index is 0.0370. The summed E-state index contributed by atoms with van der Waals surface area (Å²) in [6, 6.07) is 0.0370. The van der Waals surface area contributed by atoms with E-state index in [2.05, 4.69) is 13.8 Å². The van der Waals surface area contributed by atoms with E-state index in [9.17, 15) is 0 Å². The zero-order valence-electron chi connectivity index (χ0n) is 8.33. The van der Waals surface area contributed by atoms with Crippen molar-refractivity contribution < 1.29 is 1.41 Å². The second-order valence-electron chi connectivity index (χ2n) is 3.29. The van der Waals surface area contributed by atoms with Crippen LogP contribution in [0, 0.1) is 5.92 Å². The first-order chi connectivity index (χ1) is 5.54. The Kier molecular flexibility index (Phi) is 1.84. The van der Waals surface area contributed by atoms with Crippen LogP contribution in [0.4, 0.5) is 0 Å². The summed E-state index contributed by atoms with van der Waals surface area (Å²) in [4.78, 5) is 0. The van der Waals surface area contributed by atoms with Gasteiger partial charge in [-0.15, -0.1) is 0 Å². The molecule has 0 aromatic rings. The molecule has 1 unspecified atom stereocenters. The lowest BCUT2D eigenvalue weighted by Crippen LogP contribution is -2.37. The van der Waals surface area contributed by atoms with Gasteiger partial charge in [0.05, 0.1) is 6.04 Å². The topological polar surface area (TPSA) is 38.0 Å². The number of hydrogen-bond acceptors (Lipinski definition) is 2. The van der Waals surface area contributed by atoms with Crippen molar-refractivity contribution in [1.29, 1.82) is 0 Å². The molecule has 1 atom stereocenters. The molecule has 0 amide bonds. The van der Waals surface area contributed by atoms with E-state index < -0.39 is 0 Å². The van der Waals surface area contributed by atoms with E-state index in [-0.39, 0.29) is 6.04 Å². The van der Waals surface area contributed by atoms with Crippen LogP contribution in [0.5, 0.6) is 0 Å². The van der Waals surface area contributed by atoms with Crippen LogP contribution in [0.25, 0.3) is 0 Å². The Morgan fingerprint density at radius 1 is 1.73 bits per heavy atom. The van der Waals surface area contributed by atoms with Crippen molar-refractivity contribution in [3.63, 3.8) is 0 Å². The third kappa shape index (κ3) is 1.56. The predicted octanol–water partition coefficient (Wildman–Crippen LogP) is 1.36. The highest BCUT2D eigenvalue weighted by Gasteiger charge is 2.17. The van der Waals surface area contributed by atoms with Crippen LogP contribution in [0.3, 0.4) is 0 Å². The molecule has 1 aliphatic rings. The fourth-order valence-electron chi connectivity index (χ4n) is 1.19.